The van der Waals surface area contributed by atoms with Crippen molar-refractivity contribution in [3.8, 4) is 11.5 Å². The molecule has 1 aliphatic rings. The molecule has 26 heavy (non-hydrogen) atoms. The molecule has 0 aliphatic carbocycles. The highest BCUT2D eigenvalue weighted by Crippen LogP contribution is 2.30. The average molecular weight is 362 g/mol. The van der Waals surface area contributed by atoms with Gasteiger partial charge in [-0.3, -0.25) is 9.59 Å². The van der Waals surface area contributed by atoms with Crippen molar-refractivity contribution in [1.29, 1.82) is 0 Å². The molecule has 0 spiro atoms. The van der Waals surface area contributed by atoms with Gasteiger partial charge in [0.1, 0.15) is 6.04 Å². The molecule has 0 radical (unpaired) electrons. The fourth-order valence-electron chi connectivity index (χ4n) is 3.26. The number of amides is 2. The minimum absolute atomic E-state index is 0.0399. The summed E-state index contributed by atoms with van der Waals surface area (Å²) in [5.74, 6) is 1.16. The zero-order valence-electron chi connectivity index (χ0n) is 16.4. The Morgan fingerprint density at radius 1 is 1.27 bits per heavy atom. The molecule has 2 rings (SSSR count). The Balaban J connectivity index is 2.08. The number of carbonyl (C=O) groups is 2. The molecule has 2 atom stereocenters. The highest BCUT2D eigenvalue weighted by atomic mass is 16.5. The van der Waals surface area contributed by atoms with E-state index in [1.165, 1.54) is 0 Å². The maximum atomic E-state index is 12.7. The molecule has 0 unspecified atom stereocenters. The number of rotatable bonds is 7. The van der Waals surface area contributed by atoms with Crippen LogP contribution in [0.5, 0.6) is 11.5 Å². The molecule has 1 aliphatic heterocycles. The first-order valence-corrected chi connectivity index (χ1v) is 9.30. The second-order valence-electron chi connectivity index (χ2n) is 6.92. The van der Waals surface area contributed by atoms with Gasteiger partial charge in [-0.2, -0.15) is 0 Å². The van der Waals surface area contributed by atoms with Crippen molar-refractivity contribution in [1.82, 2.24) is 10.2 Å². The van der Waals surface area contributed by atoms with Crippen molar-refractivity contribution in [3.05, 3.63) is 23.8 Å². The molecule has 0 saturated carbocycles. The molecule has 1 heterocycles. The first-order valence-electron chi connectivity index (χ1n) is 9.30. The first kappa shape index (κ1) is 20.1. The second-order valence-corrected chi connectivity index (χ2v) is 6.92. The number of methoxy groups -OCH3 is 1. The zero-order chi connectivity index (χ0) is 19.3. The van der Waals surface area contributed by atoms with Crippen molar-refractivity contribution in [2.45, 2.75) is 52.6 Å². The molecule has 2 amide bonds. The Bertz CT molecular complexity index is 645. The van der Waals surface area contributed by atoms with Crippen LogP contribution in [0.15, 0.2) is 18.2 Å². The van der Waals surface area contributed by atoms with Gasteiger partial charge in [0.2, 0.25) is 11.8 Å². The topological polar surface area (TPSA) is 67.9 Å². The number of nitrogens with zero attached hydrogens (tertiary/aromatic N) is 1. The lowest BCUT2D eigenvalue weighted by molar-refractivity contribution is -0.141. The minimum Gasteiger partial charge on any atom is -0.493 e. The lowest BCUT2D eigenvalue weighted by Crippen LogP contribution is -2.47. The third-order valence-electron chi connectivity index (χ3n) is 4.68. The van der Waals surface area contributed by atoms with Crippen LogP contribution in [0.4, 0.5) is 0 Å². The number of carbonyl (C=O) groups excluding carboxylic acids is 2. The van der Waals surface area contributed by atoms with Gasteiger partial charge < -0.3 is 19.7 Å². The van der Waals surface area contributed by atoms with Crippen LogP contribution in [-0.4, -0.2) is 43.0 Å². The number of nitrogens with one attached hydrogen (secondary N) is 1. The van der Waals surface area contributed by atoms with E-state index in [-0.39, 0.29) is 29.8 Å². The van der Waals surface area contributed by atoms with Gasteiger partial charge >= 0.3 is 0 Å². The van der Waals surface area contributed by atoms with Crippen molar-refractivity contribution < 1.29 is 19.1 Å². The van der Waals surface area contributed by atoms with Gasteiger partial charge in [-0.1, -0.05) is 19.9 Å². The molecular weight excluding hydrogens is 332 g/mol. The Labute approximate surface area is 155 Å². The van der Waals surface area contributed by atoms with E-state index in [9.17, 15) is 9.59 Å². The molecule has 0 bridgehead atoms. The fraction of sp³-hybridized carbons (Fsp3) is 0.600. The summed E-state index contributed by atoms with van der Waals surface area (Å²) in [6.45, 7) is 8.79. The van der Waals surface area contributed by atoms with E-state index < -0.39 is 0 Å². The summed E-state index contributed by atoms with van der Waals surface area (Å²) in [7, 11) is 1.60. The van der Waals surface area contributed by atoms with Crippen LogP contribution >= 0.6 is 0 Å². The predicted octanol–water partition coefficient (Wildman–Crippen LogP) is 2.92. The van der Waals surface area contributed by atoms with E-state index in [1.54, 1.807) is 12.0 Å². The van der Waals surface area contributed by atoms with Crippen molar-refractivity contribution in [3.63, 3.8) is 0 Å². The van der Waals surface area contributed by atoms with E-state index >= 15 is 0 Å². The van der Waals surface area contributed by atoms with E-state index in [0.717, 1.165) is 12.0 Å². The number of benzene rings is 1. The van der Waals surface area contributed by atoms with Crippen LogP contribution in [0.25, 0.3) is 0 Å². The van der Waals surface area contributed by atoms with Crippen LogP contribution in [0, 0.1) is 5.92 Å². The number of hydrogen-bond donors (Lipinski definition) is 1. The fourth-order valence-corrected chi connectivity index (χ4v) is 3.26. The summed E-state index contributed by atoms with van der Waals surface area (Å²) in [5, 5.41) is 3.04. The molecule has 0 aromatic heterocycles. The Morgan fingerprint density at radius 2 is 2.00 bits per heavy atom. The molecule has 1 N–H and O–H groups in total. The maximum Gasteiger partial charge on any atom is 0.243 e. The second kappa shape index (κ2) is 8.92. The molecule has 1 saturated heterocycles. The lowest BCUT2D eigenvalue weighted by atomic mass is 10.1. The summed E-state index contributed by atoms with van der Waals surface area (Å²) >= 11 is 0. The van der Waals surface area contributed by atoms with Gasteiger partial charge in [0.05, 0.1) is 19.8 Å². The predicted molar refractivity (Wildman–Crippen MR) is 100 cm³/mol. The van der Waals surface area contributed by atoms with Crippen LogP contribution in [0.1, 0.15) is 52.1 Å². The highest BCUT2D eigenvalue weighted by Gasteiger charge is 2.35. The summed E-state index contributed by atoms with van der Waals surface area (Å²) < 4.78 is 10.9. The van der Waals surface area contributed by atoms with E-state index in [4.69, 9.17) is 9.47 Å². The van der Waals surface area contributed by atoms with Crippen LogP contribution in [0.3, 0.4) is 0 Å². The largest absolute Gasteiger partial charge is 0.493 e. The summed E-state index contributed by atoms with van der Waals surface area (Å²) in [5.41, 5.74) is 0.929. The Kier molecular flexibility index (Phi) is 6.89. The normalized spacial score (nSPS) is 17.9. The summed E-state index contributed by atoms with van der Waals surface area (Å²) in [4.78, 5) is 26.8. The van der Waals surface area contributed by atoms with Crippen LogP contribution in [0.2, 0.25) is 0 Å². The molecule has 1 fully saturated rings. The monoisotopic (exact) mass is 362 g/mol. The van der Waals surface area contributed by atoms with Crippen molar-refractivity contribution >= 4 is 11.8 Å². The van der Waals surface area contributed by atoms with Gasteiger partial charge in [0, 0.05) is 12.5 Å². The Morgan fingerprint density at radius 3 is 2.62 bits per heavy atom. The highest BCUT2D eigenvalue weighted by molar-refractivity contribution is 5.89. The third-order valence-corrected chi connectivity index (χ3v) is 4.68. The first-order chi connectivity index (χ1) is 12.4. The van der Waals surface area contributed by atoms with E-state index in [2.05, 4.69) is 5.32 Å². The van der Waals surface area contributed by atoms with Gasteiger partial charge in [-0.15, -0.1) is 0 Å². The lowest BCUT2D eigenvalue weighted by Gasteiger charge is -2.27. The van der Waals surface area contributed by atoms with Crippen molar-refractivity contribution in [2.24, 2.45) is 5.92 Å². The van der Waals surface area contributed by atoms with E-state index in [0.29, 0.717) is 31.1 Å². The van der Waals surface area contributed by atoms with Crippen molar-refractivity contribution in [2.75, 3.05) is 20.3 Å². The molecule has 144 valence electrons. The SMILES string of the molecule is CCOc1ccc([C@H](C)NC(=O)[C@@H]2CCCN2C(=O)C(C)C)cc1OC. The average Bonchev–Trinajstić information content (AvgIpc) is 3.11. The summed E-state index contributed by atoms with van der Waals surface area (Å²) in [6, 6.07) is 5.08. The molecule has 1 aromatic rings. The Hall–Kier alpha value is -2.24. The van der Waals surface area contributed by atoms with Gasteiger partial charge in [0.25, 0.3) is 0 Å². The van der Waals surface area contributed by atoms with Gasteiger partial charge in [-0.05, 0) is 44.4 Å². The van der Waals surface area contributed by atoms with Gasteiger partial charge in [0.15, 0.2) is 11.5 Å². The van der Waals surface area contributed by atoms with E-state index in [1.807, 2.05) is 45.9 Å². The number of likely N-dealkylation sites (tertiary alicyclic amines) is 1. The number of hydrogen-bond acceptors (Lipinski definition) is 4. The van der Waals surface area contributed by atoms with Crippen LogP contribution < -0.4 is 14.8 Å². The van der Waals surface area contributed by atoms with Gasteiger partial charge in [-0.25, -0.2) is 0 Å². The standard InChI is InChI=1S/C20H30N2O4/c1-6-26-17-10-9-15(12-18(17)25-5)14(4)21-19(23)16-8-7-11-22(16)20(24)13(2)3/h9-10,12-14,16H,6-8,11H2,1-5H3,(H,21,23)/t14-,16-/m0/s1. The molecular formula is C20H30N2O4. The number of ether oxygens (including phenoxy) is 2. The molecule has 6 heteroatoms. The smallest absolute Gasteiger partial charge is 0.243 e. The molecule has 1 aromatic carbocycles. The third kappa shape index (κ3) is 4.48. The zero-order valence-corrected chi connectivity index (χ0v) is 16.4. The molecule has 6 nitrogen and oxygen atoms in total. The maximum absolute atomic E-state index is 12.7. The van der Waals surface area contributed by atoms with Crippen LogP contribution in [-0.2, 0) is 9.59 Å². The quantitative estimate of drug-likeness (QED) is 0.810. The minimum atomic E-state index is -0.378. The summed E-state index contributed by atoms with van der Waals surface area (Å²) in [6.07, 6.45) is 1.57.